The molecule has 0 atom stereocenters. The predicted molar refractivity (Wildman–Crippen MR) is 98.6 cm³/mol. The Kier molecular flexibility index (Phi) is 6.11. The zero-order valence-electron chi connectivity index (χ0n) is 14.3. The lowest BCUT2D eigenvalue weighted by atomic mass is 10.2. The number of amides is 1. The maximum absolute atomic E-state index is 13.1. The number of morpholine rings is 1. The van der Waals surface area contributed by atoms with Crippen LogP contribution in [0.4, 0.5) is 4.39 Å². The largest absolute Gasteiger partial charge is 0.379 e. The van der Waals surface area contributed by atoms with Crippen molar-refractivity contribution in [2.24, 2.45) is 0 Å². The summed E-state index contributed by atoms with van der Waals surface area (Å²) >= 11 is 5.90. The number of benzene rings is 2. The Hall–Kier alpha value is -2.00. The fourth-order valence-electron chi connectivity index (χ4n) is 2.77. The van der Waals surface area contributed by atoms with Crippen molar-refractivity contribution in [3.05, 3.63) is 64.4 Å². The van der Waals surface area contributed by atoms with Gasteiger partial charge in [-0.3, -0.25) is 4.79 Å². The van der Waals surface area contributed by atoms with Gasteiger partial charge in [0.15, 0.2) is 0 Å². The Morgan fingerprint density at radius 2 is 1.89 bits per heavy atom. The molecule has 0 aromatic heterocycles. The third-order valence-electron chi connectivity index (χ3n) is 4.18. The number of halogens is 2. The molecule has 2 aromatic carbocycles. The third kappa shape index (κ3) is 4.47. The van der Waals surface area contributed by atoms with E-state index in [2.05, 4.69) is 5.32 Å². The van der Waals surface area contributed by atoms with Crippen LogP contribution < -0.4 is 5.32 Å². The first-order valence-electron chi connectivity index (χ1n) is 8.28. The standard InChI is InChI=1S/C18H18ClFN2O4S/c19-16-11-14(20)5-6-15(16)18(23)21-12-13-3-1-2-4-17(13)27(24,25)22-7-9-26-10-8-22/h1-6,11H,7-10,12H2,(H,21,23). The molecule has 1 fully saturated rings. The molecule has 0 spiro atoms. The van der Waals surface area contributed by atoms with Gasteiger partial charge in [-0.05, 0) is 29.8 Å². The van der Waals surface area contributed by atoms with Gasteiger partial charge < -0.3 is 10.1 Å². The zero-order chi connectivity index (χ0) is 19.4. The molecule has 1 aliphatic heterocycles. The molecule has 1 N–H and O–H groups in total. The molecule has 1 aliphatic rings. The summed E-state index contributed by atoms with van der Waals surface area (Å²) in [5, 5.41) is 2.63. The lowest BCUT2D eigenvalue weighted by Gasteiger charge is -2.27. The molecule has 0 saturated carbocycles. The smallest absolute Gasteiger partial charge is 0.253 e. The van der Waals surface area contributed by atoms with Gasteiger partial charge in [0.1, 0.15) is 5.82 Å². The Bertz CT molecular complexity index is 946. The van der Waals surface area contributed by atoms with E-state index < -0.39 is 21.7 Å². The first-order valence-corrected chi connectivity index (χ1v) is 10.1. The van der Waals surface area contributed by atoms with Gasteiger partial charge in [-0.2, -0.15) is 4.31 Å². The summed E-state index contributed by atoms with van der Waals surface area (Å²) < 4.78 is 45.5. The van der Waals surface area contributed by atoms with E-state index in [-0.39, 0.29) is 35.1 Å². The summed E-state index contributed by atoms with van der Waals surface area (Å²) in [5.74, 6) is -1.06. The summed E-state index contributed by atoms with van der Waals surface area (Å²) in [5.41, 5.74) is 0.571. The number of carbonyl (C=O) groups excluding carboxylic acids is 1. The van der Waals surface area contributed by atoms with Crippen molar-refractivity contribution in [3.8, 4) is 0 Å². The summed E-state index contributed by atoms with van der Waals surface area (Å²) in [7, 11) is -3.69. The fourth-order valence-corrected chi connectivity index (χ4v) is 4.66. The van der Waals surface area contributed by atoms with Crippen molar-refractivity contribution >= 4 is 27.5 Å². The summed E-state index contributed by atoms with van der Waals surface area (Å²) in [6.07, 6.45) is 0. The number of sulfonamides is 1. The topological polar surface area (TPSA) is 75.7 Å². The molecule has 2 aromatic rings. The normalized spacial score (nSPS) is 15.5. The lowest BCUT2D eigenvalue weighted by Crippen LogP contribution is -2.41. The van der Waals surface area contributed by atoms with E-state index >= 15 is 0 Å². The number of nitrogens with one attached hydrogen (secondary N) is 1. The molecule has 9 heteroatoms. The van der Waals surface area contributed by atoms with Crippen molar-refractivity contribution in [2.45, 2.75) is 11.4 Å². The van der Waals surface area contributed by atoms with Gasteiger partial charge >= 0.3 is 0 Å². The van der Waals surface area contributed by atoms with E-state index in [1.807, 2.05) is 0 Å². The van der Waals surface area contributed by atoms with E-state index in [1.54, 1.807) is 18.2 Å². The van der Waals surface area contributed by atoms with Crippen molar-refractivity contribution in [1.82, 2.24) is 9.62 Å². The van der Waals surface area contributed by atoms with Gasteiger partial charge in [-0.25, -0.2) is 12.8 Å². The molecular weight excluding hydrogens is 395 g/mol. The molecule has 0 aliphatic carbocycles. The maximum Gasteiger partial charge on any atom is 0.253 e. The van der Waals surface area contributed by atoms with Crippen molar-refractivity contribution < 1.29 is 22.3 Å². The van der Waals surface area contributed by atoms with Crippen LogP contribution in [-0.4, -0.2) is 44.9 Å². The van der Waals surface area contributed by atoms with Gasteiger partial charge in [0, 0.05) is 19.6 Å². The van der Waals surface area contributed by atoms with Crippen LogP contribution in [0.1, 0.15) is 15.9 Å². The average Bonchev–Trinajstić information content (AvgIpc) is 2.67. The highest BCUT2D eigenvalue weighted by Gasteiger charge is 2.28. The average molecular weight is 413 g/mol. The van der Waals surface area contributed by atoms with Crippen molar-refractivity contribution in [2.75, 3.05) is 26.3 Å². The number of rotatable bonds is 5. The summed E-state index contributed by atoms with van der Waals surface area (Å²) in [6.45, 7) is 1.26. The number of ether oxygens (including phenoxy) is 1. The molecule has 1 heterocycles. The van der Waals surface area contributed by atoms with E-state index in [0.717, 1.165) is 12.1 Å². The second-order valence-electron chi connectivity index (χ2n) is 5.93. The molecule has 3 rings (SSSR count). The minimum absolute atomic E-state index is 0.00766. The van der Waals surface area contributed by atoms with E-state index in [4.69, 9.17) is 16.3 Å². The van der Waals surface area contributed by atoms with Crippen molar-refractivity contribution in [1.29, 1.82) is 0 Å². The van der Waals surface area contributed by atoms with Crippen LogP contribution >= 0.6 is 11.6 Å². The minimum Gasteiger partial charge on any atom is -0.379 e. The van der Waals surface area contributed by atoms with Crippen molar-refractivity contribution in [3.63, 3.8) is 0 Å². The van der Waals surface area contributed by atoms with Crippen LogP contribution in [0.2, 0.25) is 5.02 Å². The van der Waals surface area contributed by atoms with Crippen LogP contribution in [0.25, 0.3) is 0 Å². The number of carbonyl (C=O) groups is 1. The molecule has 144 valence electrons. The Labute approximate surface area is 161 Å². The summed E-state index contributed by atoms with van der Waals surface area (Å²) in [4.78, 5) is 12.5. The SMILES string of the molecule is O=C(NCc1ccccc1S(=O)(=O)N1CCOCC1)c1ccc(F)cc1Cl. The highest BCUT2D eigenvalue weighted by molar-refractivity contribution is 7.89. The second kappa shape index (κ2) is 8.35. The van der Waals surface area contributed by atoms with Crippen LogP contribution in [0.5, 0.6) is 0 Å². The van der Waals surface area contributed by atoms with Gasteiger partial charge in [0.25, 0.3) is 5.91 Å². The Morgan fingerprint density at radius 3 is 2.59 bits per heavy atom. The molecular formula is C18H18ClFN2O4S. The van der Waals surface area contributed by atoms with Gasteiger partial charge in [-0.15, -0.1) is 0 Å². The molecule has 6 nitrogen and oxygen atoms in total. The second-order valence-corrected chi connectivity index (χ2v) is 8.24. The van der Waals surface area contributed by atoms with E-state index in [1.165, 1.54) is 16.4 Å². The Balaban J connectivity index is 1.79. The fraction of sp³-hybridized carbons (Fsp3) is 0.278. The molecule has 0 unspecified atom stereocenters. The highest BCUT2D eigenvalue weighted by atomic mass is 35.5. The number of hydrogen-bond acceptors (Lipinski definition) is 4. The first kappa shape index (κ1) is 19.8. The number of hydrogen-bond donors (Lipinski definition) is 1. The highest BCUT2D eigenvalue weighted by Crippen LogP contribution is 2.22. The van der Waals surface area contributed by atoms with Crippen LogP contribution in [-0.2, 0) is 21.3 Å². The van der Waals surface area contributed by atoms with E-state index in [9.17, 15) is 17.6 Å². The van der Waals surface area contributed by atoms with Gasteiger partial charge in [0.05, 0.1) is 28.7 Å². The molecule has 1 saturated heterocycles. The quantitative estimate of drug-likeness (QED) is 0.818. The van der Waals surface area contributed by atoms with Crippen LogP contribution in [0.15, 0.2) is 47.4 Å². The van der Waals surface area contributed by atoms with Gasteiger partial charge in [0.2, 0.25) is 10.0 Å². The van der Waals surface area contributed by atoms with Crippen LogP contribution in [0, 0.1) is 5.82 Å². The zero-order valence-corrected chi connectivity index (χ0v) is 15.9. The van der Waals surface area contributed by atoms with Crippen LogP contribution in [0.3, 0.4) is 0 Å². The van der Waals surface area contributed by atoms with E-state index in [0.29, 0.717) is 18.8 Å². The summed E-state index contributed by atoms with van der Waals surface area (Å²) in [6, 6.07) is 9.95. The molecule has 1 amide bonds. The van der Waals surface area contributed by atoms with Gasteiger partial charge in [-0.1, -0.05) is 29.8 Å². The monoisotopic (exact) mass is 412 g/mol. The lowest BCUT2D eigenvalue weighted by molar-refractivity contribution is 0.0730. The third-order valence-corrected chi connectivity index (χ3v) is 6.49. The first-order chi connectivity index (χ1) is 12.9. The minimum atomic E-state index is -3.69. The predicted octanol–water partition coefficient (Wildman–Crippen LogP) is 2.43. The Morgan fingerprint density at radius 1 is 1.19 bits per heavy atom. The maximum atomic E-state index is 13.1. The molecule has 0 bridgehead atoms. The number of nitrogens with zero attached hydrogens (tertiary/aromatic N) is 1. The molecule has 27 heavy (non-hydrogen) atoms. The molecule has 0 radical (unpaired) electrons.